The quantitative estimate of drug-likeness (QED) is 0.511. The fourth-order valence-corrected chi connectivity index (χ4v) is 5.25. The fraction of sp³-hybridized carbons (Fsp3) is 0.462. The average Bonchev–Trinajstić information content (AvgIpc) is 3.35. The van der Waals surface area contributed by atoms with Gasteiger partial charge in [0.05, 0.1) is 19.1 Å². The molecule has 1 atom stereocenters. The van der Waals surface area contributed by atoms with Crippen LogP contribution in [0.4, 0.5) is 5.69 Å². The molecule has 9 heteroatoms. The third-order valence-corrected chi connectivity index (χ3v) is 7.51. The van der Waals surface area contributed by atoms with E-state index in [1.54, 1.807) is 31.2 Å². The van der Waals surface area contributed by atoms with Gasteiger partial charge in [-0.05, 0) is 43.9 Å². The summed E-state index contributed by atoms with van der Waals surface area (Å²) in [5, 5.41) is 3.06. The lowest BCUT2D eigenvalue weighted by molar-refractivity contribution is -0.139. The van der Waals surface area contributed by atoms with Gasteiger partial charge in [-0.3, -0.25) is 13.9 Å². The summed E-state index contributed by atoms with van der Waals surface area (Å²) >= 11 is 0. The van der Waals surface area contributed by atoms with Crippen molar-refractivity contribution in [2.75, 3.05) is 30.8 Å². The van der Waals surface area contributed by atoms with Crippen LogP contribution in [0.25, 0.3) is 0 Å². The van der Waals surface area contributed by atoms with Crippen LogP contribution in [0.2, 0.25) is 0 Å². The van der Waals surface area contributed by atoms with Crippen molar-refractivity contribution in [1.82, 2.24) is 10.2 Å². The Morgan fingerprint density at radius 2 is 1.69 bits per heavy atom. The first-order valence-corrected chi connectivity index (χ1v) is 13.8. The average molecular weight is 502 g/mol. The SMILES string of the molecule is COc1ccccc1N(CC(=O)N(CCc1ccccc1)[C@H](C)C(=O)NC1CCCC1)S(C)(=O)=O. The smallest absolute Gasteiger partial charge is 0.244 e. The van der Waals surface area contributed by atoms with Gasteiger partial charge in [-0.2, -0.15) is 0 Å². The number of hydrogen-bond acceptors (Lipinski definition) is 5. The molecule has 1 saturated carbocycles. The van der Waals surface area contributed by atoms with Gasteiger partial charge in [0.1, 0.15) is 18.3 Å². The molecule has 190 valence electrons. The normalized spacial score (nSPS) is 14.8. The zero-order chi connectivity index (χ0) is 25.4. The molecule has 0 heterocycles. The Morgan fingerprint density at radius 1 is 1.06 bits per heavy atom. The van der Waals surface area contributed by atoms with Crippen LogP contribution in [0.5, 0.6) is 5.75 Å². The van der Waals surface area contributed by atoms with Crippen LogP contribution >= 0.6 is 0 Å². The Morgan fingerprint density at radius 3 is 2.31 bits per heavy atom. The van der Waals surface area contributed by atoms with Gasteiger partial charge >= 0.3 is 0 Å². The molecular weight excluding hydrogens is 466 g/mol. The monoisotopic (exact) mass is 501 g/mol. The first-order valence-electron chi connectivity index (χ1n) is 11.9. The third-order valence-electron chi connectivity index (χ3n) is 6.39. The second-order valence-corrected chi connectivity index (χ2v) is 10.8. The molecule has 0 aliphatic heterocycles. The Bertz CT molecular complexity index is 1100. The first kappa shape index (κ1) is 26.5. The van der Waals surface area contributed by atoms with E-state index >= 15 is 0 Å². The van der Waals surface area contributed by atoms with E-state index in [-0.39, 0.29) is 24.2 Å². The summed E-state index contributed by atoms with van der Waals surface area (Å²) in [6.45, 7) is 1.54. The Hall–Kier alpha value is -3.07. The maximum absolute atomic E-state index is 13.6. The van der Waals surface area contributed by atoms with E-state index in [2.05, 4.69) is 5.32 Å². The summed E-state index contributed by atoms with van der Waals surface area (Å²) in [5.74, 6) is -0.332. The Labute approximate surface area is 208 Å². The molecule has 0 radical (unpaired) electrons. The summed E-state index contributed by atoms with van der Waals surface area (Å²) in [6.07, 6.45) is 5.63. The molecule has 1 N–H and O–H groups in total. The van der Waals surface area contributed by atoms with Crippen LogP contribution in [0, 0.1) is 0 Å². The standard InChI is InChI=1S/C26H35N3O5S/c1-20(26(31)27-22-13-7-8-14-22)28(18-17-21-11-5-4-6-12-21)25(30)19-29(35(3,32)33)23-15-9-10-16-24(23)34-2/h4-6,9-12,15-16,20,22H,7-8,13-14,17-19H2,1-3H3,(H,27,31)/t20-/m1/s1. The Kier molecular flexibility index (Phi) is 9.14. The van der Waals surface area contributed by atoms with Crippen LogP contribution in [0.1, 0.15) is 38.2 Å². The summed E-state index contributed by atoms with van der Waals surface area (Å²) in [5.41, 5.74) is 1.30. The van der Waals surface area contributed by atoms with Crippen molar-refractivity contribution in [3.05, 3.63) is 60.2 Å². The number of nitrogens with one attached hydrogen (secondary N) is 1. The highest BCUT2D eigenvalue weighted by Crippen LogP contribution is 2.29. The van der Waals surface area contributed by atoms with E-state index < -0.39 is 28.5 Å². The van der Waals surface area contributed by atoms with Gasteiger partial charge in [-0.15, -0.1) is 0 Å². The van der Waals surface area contributed by atoms with Crippen LogP contribution in [0.15, 0.2) is 54.6 Å². The molecular formula is C26H35N3O5S. The molecule has 1 aliphatic carbocycles. The van der Waals surface area contributed by atoms with Gasteiger partial charge < -0.3 is 15.0 Å². The van der Waals surface area contributed by atoms with Crippen molar-refractivity contribution >= 4 is 27.5 Å². The number of sulfonamides is 1. The van der Waals surface area contributed by atoms with Crippen molar-refractivity contribution in [1.29, 1.82) is 0 Å². The molecule has 0 aromatic heterocycles. The zero-order valence-electron chi connectivity index (χ0n) is 20.6. The van der Waals surface area contributed by atoms with E-state index in [4.69, 9.17) is 4.74 Å². The number of benzene rings is 2. The minimum atomic E-state index is -3.81. The van der Waals surface area contributed by atoms with Crippen molar-refractivity contribution in [2.24, 2.45) is 0 Å². The predicted octanol–water partition coefficient (Wildman–Crippen LogP) is 2.98. The number of ether oxygens (including phenoxy) is 1. The number of para-hydroxylation sites is 2. The number of methoxy groups -OCH3 is 1. The van der Waals surface area contributed by atoms with E-state index in [0.29, 0.717) is 12.2 Å². The second kappa shape index (κ2) is 12.1. The van der Waals surface area contributed by atoms with Crippen molar-refractivity contribution < 1.29 is 22.7 Å². The second-order valence-electron chi connectivity index (χ2n) is 8.93. The number of anilines is 1. The Balaban J connectivity index is 1.84. The lowest BCUT2D eigenvalue weighted by atomic mass is 10.1. The van der Waals surface area contributed by atoms with Crippen LogP contribution in [0.3, 0.4) is 0 Å². The van der Waals surface area contributed by atoms with E-state index in [1.807, 2.05) is 30.3 Å². The number of rotatable bonds is 11. The fourth-order valence-electron chi connectivity index (χ4n) is 4.39. The molecule has 1 fully saturated rings. The number of carbonyl (C=O) groups excluding carboxylic acids is 2. The van der Waals surface area contributed by atoms with Crippen LogP contribution < -0.4 is 14.4 Å². The topological polar surface area (TPSA) is 96.0 Å². The number of hydrogen-bond donors (Lipinski definition) is 1. The van der Waals surface area contributed by atoms with Gasteiger partial charge in [0.2, 0.25) is 21.8 Å². The van der Waals surface area contributed by atoms with Gasteiger partial charge in [-0.1, -0.05) is 55.3 Å². The van der Waals surface area contributed by atoms with Gasteiger partial charge in [-0.25, -0.2) is 8.42 Å². The molecule has 2 aromatic rings. The van der Waals surface area contributed by atoms with Crippen molar-refractivity contribution in [3.8, 4) is 5.75 Å². The molecule has 0 unspecified atom stereocenters. The summed E-state index contributed by atoms with van der Waals surface area (Å²) in [7, 11) is -2.36. The van der Waals surface area contributed by atoms with Crippen LogP contribution in [-0.2, 0) is 26.0 Å². The number of nitrogens with zero attached hydrogens (tertiary/aromatic N) is 2. The van der Waals surface area contributed by atoms with Crippen LogP contribution in [-0.4, -0.2) is 63.7 Å². The molecule has 0 bridgehead atoms. The van der Waals surface area contributed by atoms with Crippen molar-refractivity contribution in [3.63, 3.8) is 0 Å². The lowest BCUT2D eigenvalue weighted by Gasteiger charge is -2.32. The molecule has 3 rings (SSSR count). The summed E-state index contributed by atoms with van der Waals surface area (Å²) in [4.78, 5) is 28.1. The molecule has 0 saturated heterocycles. The largest absolute Gasteiger partial charge is 0.495 e. The maximum Gasteiger partial charge on any atom is 0.244 e. The minimum absolute atomic E-state index is 0.122. The third kappa shape index (κ3) is 7.21. The highest BCUT2D eigenvalue weighted by Gasteiger charge is 2.31. The summed E-state index contributed by atoms with van der Waals surface area (Å²) in [6, 6.07) is 15.7. The van der Waals surface area contributed by atoms with E-state index in [0.717, 1.165) is 41.8 Å². The zero-order valence-corrected chi connectivity index (χ0v) is 21.5. The molecule has 2 amide bonds. The lowest BCUT2D eigenvalue weighted by Crippen LogP contribution is -2.53. The van der Waals surface area contributed by atoms with Gasteiger partial charge in [0.25, 0.3) is 0 Å². The molecule has 35 heavy (non-hydrogen) atoms. The minimum Gasteiger partial charge on any atom is -0.495 e. The molecule has 1 aliphatic rings. The first-order chi connectivity index (χ1) is 16.7. The molecule has 0 spiro atoms. The van der Waals surface area contributed by atoms with Gasteiger partial charge in [0, 0.05) is 12.6 Å². The molecule has 8 nitrogen and oxygen atoms in total. The number of carbonyl (C=O) groups is 2. The highest BCUT2D eigenvalue weighted by atomic mass is 32.2. The van der Waals surface area contributed by atoms with Crippen molar-refractivity contribution in [2.45, 2.75) is 51.1 Å². The number of amides is 2. The van der Waals surface area contributed by atoms with E-state index in [9.17, 15) is 18.0 Å². The van der Waals surface area contributed by atoms with E-state index in [1.165, 1.54) is 12.0 Å². The highest BCUT2D eigenvalue weighted by molar-refractivity contribution is 7.92. The van der Waals surface area contributed by atoms with Gasteiger partial charge in [0.15, 0.2) is 0 Å². The maximum atomic E-state index is 13.6. The predicted molar refractivity (Wildman–Crippen MR) is 137 cm³/mol. The molecule has 2 aromatic carbocycles. The summed E-state index contributed by atoms with van der Waals surface area (Å²) < 4.78 is 31.8.